The van der Waals surface area contributed by atoms with Crippen LogP contribution in [-0.4, -0.2) is 40.5 Å². The average Bonchev–Trinajstić information content (AvgIpc) is 3.63. The molecule has 4 aromatic rings. The number of fused-ring (bicyclic) bond motifs is 2. The molecule has 1 saturated heterocycles. The van der Waals surface area contributed by atoms with Crippen LogP contribution in [0.5, 0.6) is 0 Å². The van der Waals surface area contributed by atoms with Gasteiger partial charge in [0.2, 0.25) is 0 Å². The van der Waals surface area contributed by atoms with E-state index in [1.807, 2.05) is 55.8 Å². The Morgan fingerprint density at radius 3 is 2.77 bits per heavy atom. The number of carbonyl (C=O) groups is 1. The zero-order valence-corrected chi connectivity index (χ0v) is 20.1. The Kier molecular flexibility index (Phi) is 6.74. The first kappa shape index (κ1) is 23.0. The Morgan fingerprint density at radius 2 is 2.00 bits per heavy atom. The monoisotopic (exact) mass is 470 g/mol. The van der Waals surface area contributed by atoms with E-state index in [1.165, 1.54) is 12.8 Å². The molecule has 3 aromatic heterocycles. The number of ether oxygens (including phenoxy) is 1. The van der Waals surface area contributed by atoms with Crippen LogP contribution in [0.1, 0.15) is 40.0 Å². The zero-order chi connectivity index (χ0) is 24.2. The molecule has 6 rings (SSSR count). The second-order valence-corrected chi connectivity index (χ2v) is 8.76. The molecule has 3 N–H and O–H groups in total. The second kappa shape index (κ2) is 10.2. The van der Waals surface area contributed by atoms with E-state index in [-0.39, 0.29) is 5.91 Å². The number of aromatic nitrogens is 3. The van der Waals surface area contributed by atoms with Crippen molar-refractivity contribution < 1.29 is 9.53 Å². The van der Waals surface area contributed by atoms with Crippen molar-refractivity contribution >= 4 is 23.1 Å². The summed E-state index contributed by atoms with van der Waals surface area (Å²) < 4.78 is 7.00. The first-order chi connectivity index (χ1) is 17.1. The molecule has 180 valence electrons. The first-order valence-electron chi connectivity index (χ1n) is 12.0. The van der Waals surface area contributed by atoms with Crippen molar-refractivity contribution in [3.05, 3.63) is 77.2 Å². The van der Waals surface area contributed by atoms with Crippen LogP contribution in [0, 0.1) is 6.92 Å². The number of aryl methyl sites for hydroxylation is 1. The molecule has 0 unspecified atom stereocenters. The SMILES string of the molecule is C1CCOC1.CNCc1cccc(Nc2ccc(-c3cnc4cc(C)ccn34)c3c2C(=O)NC3)n1. The molecule has 1 fully saturated rings. The summed E-state index contributed by atoms with van der Waals surface area (Å²) in [6, 6.07) is 13.9. The van der Waals surface area contributed by atoms with E-state index in [0.717, 1.165) is 52.6 Å². The Hall–Kier alpha value is -3.75. The van der Waals surface area contributed by atoms with Gasteiger partial charge in [-0.05, 0) is 68.3 Å². The molecule has 0 saturated carbocycles. The minimum Gasteiger partial charge on any atom is -0.381 e. The molecule has 5 heterocycles. The van der Waals surface area contributed by atoms with Gasteiger partial charge in [-0.15, -0.1) is 0 Å². The van der Waals surface area contributed by atoms with E-state index in [0.29, 0.717) is 24.5 Å². The number of rotatable bonds is 5. The number of amides is 1. The largest absolute Gasteiger partial charge is 0.381 e. The molecule has 35 heavy (non-hydrogen) atoms. The fourth-order valence-electron chi connectivity index (χ4n) is 4.45. The predicted octanol–water partition coefficient (Wildman–Crippen LogP) is 4.21. The van der Waals surface area contributed by atoms with E-state index in [2.05, 4.69) is 43.3 Å². The molecule has 8 heteroatoms. The summed E-state index contributed by atoms with van der Waals surface area (Å²) in [6.07, 6.45) is 6.44. The van der Waals surface area contributed by atoms with Crippen LogP contribution in [0.2, 0.25) is 0 Å². The quantitative estimate of drug-likeness (QED) is 0.405. The van der Waals surface area contributed by atoms with Gasteiger partial charge in [0.15, 0.2) is 0 Å². The predicted molar refractivity (Wildman–Crippen MR) is 137 cm³/mol. The molecule has 0 spiro atoms. The van der Waals surface area contributed by atoms with Gasteiger partial charge < -0.3 is 20.7 Å². The van der Waals surface area contributed by atoms with Crippen LogP contribution in [0.3, 0.4) is 0 Å². The third kappa shape index (κ3) is 4.89. The van der Waals surface area contributed by atoms with Crippen molar-refractivity contribution in [2.75, 3.05) is 25.6 Å². The standard InChI is InChI=1S/C23H22N6O.C4H8O/c1-14-8-9-29-19(13-25-21(29)10-14)16-6-7-18(22-17(16)12-26-23(22)30)28-20-5-3-4-15(27-20)11-24-2;1-2-4-5-3-1/h3-10,13,24H,11-12H2,1-2H3,(H,26,30)(H,27,28);1-4H2. The molecule has 2 aliphatic rings. The maximum absolute atomic E-state index is 12.7. The van der Waals surface area contributed by atoms with E-state index < -0.39 is 0 Å². The molecular weight excluding hydrogens is 440 g/mol. The molecule has 0 bridgehead atoms. The van der Waals surface area contributed by atoms with Crippen molar-refractivity contribution in [1.82, 2.24) is 25.0 Å². The molecule has 0 atom stereocenters. The summed E-state index contributed by atoms with van der Waals surface area (Å²) >= 11 is 0. The summed E-state index contributed by atoms with van der Waals surface area (Å²) in [6.45, 7) is 5.22. The zero-order valence-electron chi connectivity index (χ0n) is 20.1. The Morgan fingerprint density at radius 1 is 1.14 bits per heavy atom. The molecule has 1 amide bonds. The van der Waals surface area contributed by atoms with Crippen molar-refractivity contribution in [1.29, 1.82) is 0 Å². The third-order valence-electron chi connectivity index (χ3n) is 6.17. The second-order valence-electron chi connectivity index (χ2n) is 8.76. The normalized spacial score (nSPS) is 14.4. The van der Waals surface area contributed by atoms with E-state index in [9.17, 15) is 4.79 Å². The number of nitrogens with zero attached hydrogens (tertiary/aromatic N) is 3. The number of pyridine rings is 2. The lowest BCUT2D eigenvalue weighted by atomic mass is 9.99. The minimum absolute atomic E-state index is 0.0783. The third-order valence-corrected chi connectivity index (χ3v) is 6.17. The fourth-order valence-corrected chi connectivity index (χ4v) is 4.45. The lowest BCUT2D eigenvalue weighted by Crippen LogP contribution is -2.13. The van der Waals surface area contributed by atoms with Gasteiger partial charge in [0.05, 0.1) is 28.8 Å². The van der Waals surface area contributed by atoms with E-state index >= 15 is 0 Å². The number of benzene rings is 1. The van der Waals surface area contributed by atoms with Crippen molar-refractivity contribution in [2.45, 2.75) is 32.9 Å². The van der Waals surface area contributed by atoms with Crippen LogP contribution in [0.15, 0.2) is 54.9 Å². The molecule has 0 aliphatic carbocycles. The number of anilines is 2. The van der Waals surface area contributed by atoms with Crippen LogP contribution in [0.4, 0.5) is 11.5 Å². The highest BCUT2D eigenvalue weighted by atomic mass is 16.5. The molecule has 2 aliphatic heterocycles. The fraction of sp³-hybridized carbons (Fsp3) is 0.296. The highest BCUT2D eigenvalue weighted by Gasteiger charge is 2.27. The lowest BCUT2D eigenvalue weighted by Gasteiger charge is -2.13. The summed E-state index contributed by atoms with van der Waals surface area (Å²) in [4.78, 5) is 21.8. The highest BCUT2D eigenvalue weighted by molar-refractivity contribution is 6.06. The molecule has 1 aromatic carbocycles. The van der Waals surface area contributed by atoms with Crippen LogP contribution in [-0.2, 0) is 17.8 Å². The van der Waals surface area contributed by atoms with Crippen molar-refractivity contribution in [3.8, 4) is 11.3 Å². The summed E-state index contributed by atoms with van der Waals surface area (Å²) in [5.74, 6) is 0.632. The lowest BCUT2D eigenvalue weighted by molar-refractivity contribution is 0.0966. The molecule has 8 nitrogen and oxygen atoms in total. The van der Waals surface area contributed by atoms with Gasteiger partial charge in [-0.3, -0.25) is 9.20 Å². The number of hydrogen-bond acceptors (Lipinski definition) is 6. The Bertz CT molecular complexity index is 1350. The number of imidazole rings is 1. The van der Waals surface area contributed by atoms with Gasteiger partial charge in [-0.1, -0.05) is 12.1 Å². The minimum atomic E-state index is -0.0783. The Labute approximate surface area is 204 Å². The van der Waals surface area contributed by atoms with Gasteiger partial charge in [-0.2, -0.15) is 0 Å². The van der Waals surface area contributed by atoms with Gasteiger partial charge in [-0.25, -0.2) is 9.97 Å². The summed E-state index contributed by atoms with van der Waals surface area (Å²) in [5, 5.41) is 9.39. The topological polar surface area (TPSA) is 92.6 Å². The maximum Gasteiger partial charge on any atom is 0.254 e. The van der Waals surface area contributed by atoms with Gasteiger partial charge in [0.25, 0.3) is 5.91 Å². The first-order valence-corrected chi connectivity index (χ1v) is 12.0. The van der Waals surface area contributed by atoms with Crippen molar-refractivity contribution in [3.63, 3.8) is 0 Å². The van der Waals surface area contributed by atoms with Crippen molar-refractivity contribution in [2.24, 2.45) is 0 Å². The highest BCUT2D eigenvalue weighted by Crippen LogP contribution is 2.35. The van der Waals surface area contributed by atoms with Gasteiger partial charge in [0.1, 0.15) is 11.5 Å². The number of carbonyl (C=O) groups excluding carboxylic acids is 1. The van der Waals surface area contributed by atoms with Crippen LogP contribution in [0.25, 0.3) is 16.9 Å². The van der Waals surface area contributed by atoms with Crippen LogP contribution < -0.4 is 16.0 Å². The molecular formula is C27H30N6O2. The van der Waals surface area contributed by atoms with E-state index in [1.54, 1.807) is 0 Å². The molecule has 0 radical (unpaired) electrons. The number of hydrogen-bond donors (Lipinski definition) is 3. The summed E-state index contributed by atoms with van der Waals surface area (Å²) in [7, 11) is 1.89. The van der Waals surface area contributed by atoms with Gasteiger partial charge in [0, 0.05) is 38.1 Å². The van der Waals surface area contributed by atoms with E-state index in [4.69, 9.17) is 4.74 Å². The summed E-state index contributed by atoms with van der Waals surface area (Å²) in [5.41, 5.74) is 7.34. The maximum atomic E-state index is 12.7. The number of nitrogens with one attached hydrogen (secondary N) is 3. The van der Waals surface area contributed by atoms with Gasteiger partial charge >= 0.3 is 0 Å². The smallest absolute Gasteiger partial charge is 0.254 e. The van der Waals surface area contributed by atoms with Crippen LogP contribution >= 0.6 is 0 Å². The Balaban J connectivity index is 0.000000453. The average molecular weight is 471 g/mol.